The van der Waals surface area contributed by atoms with Crippen molar-refractivity contribution in [2.75, 3.05) is 0 Å². The van der Waals surface area contributed by atoms with Gasteiger partial charge in [0.25, 0.3) is 0 Å². The van der Waals surface area contributed by atoms with Crippen LogP contribution in [0, 0.1) is 6.92 Å². The van der Waals surface area contributed by atoms with Crippen LogP contribution >= 0.6 is 0 Å². The van der Waals surface area contributed by atoms with Gasteiger partial charge in [0.05, 0.1) is 0 Å². The second-order valence-corrected chi connectivity index (χ2v) is 6.41. The topological polar surface area (TPSA) is 43.4 Å². The van der Waals surface area contributed by atoms with E-state index in [2.05, 4.69) is 0 Å². The monoisotopic (exact) mass is 298 g/mol. The van der Waals surface area contributed by atoms with Gasteiger partial charge in [-0.15, -0.1) is 0 Å². The van der Waals surface area contributed by atoms with E-state index in [0.29, 0.717) is 5.75 Å². The maximum absolute atomic E-state index is 12.3. The lowest BCUT2D eigenvalue weighted by Crippen LogP contribution is -2.09. The molecular formula is C17H14O3S. The molecule has 0 unspecified atom stereocenters. The fourth-order valence-corrected chi connectivity index (χ4v) is 3.12. The standard InChI is InChI=1S/C17H14O3S/c1-13-5-4-8-16(11-13)20-21(18,19)17-10-9-14-6-2-3-7-15(14)12-17/h2-12H,1H3. The van der Waals surface area contributed by atoms with E-state index >= 15 is 0 Å². The van der Waals surface area contributed by atoms with E-state index < -0.39 is 10.1 Å². The molecule has 21 heavy (non-hydrogen) atoms. The van der Waals surface area contributed by atoms with Crippen molar-refractivity contribution < 1.29 is 12.6 Å². The lowest BCUT2D eigenvalue weighted by Gasteiger charge is -2.08. The number of aryl methyl sites for hydroxylation is 1. The van der Waals surface area contributed by atoms with Gasteiger partial charge in [0.2, 0.25) is 0 Å². The molecule has 0 saturated carbocycles. The molecule has 0 aliphatic rings. The van der Waals surface area contributed by atoms with Crippen molar-refractivity contribution in [2.45, 2.75) is 11.8 Å². The molecule has 3 aromatic carbocycles. The molecule has 0 bridgehead atoms. The molecule has 0 radical (unpaired) electrons. The average Bonchev–Trinajstić information content (AvgIpc) is 2.46. The summed E-state index contributed by atoms with van der Waals surface area (Å²) in [6.07, 6.45) is 0. The predicted octanol–water partition coefficient (Wildman–Crippen LogP) is 3.92. The summed E-state index contributed by atoms with van der Waals surface area (Å²) in [5, 5.41) is 1.86. The van der Waals surface area contributed by atoms with E-state index in [-0.39, 0.29) is 4.90 Å². The van der Waals surface area contributed by atoms with Crippen molar-refractivity contribution in [3.63, 3.8) is 0 Å². The van der Waals surface area contributed by atoms with Gasteiger partial charge in [0.1, 0.15) is 10.6 Å². The van der Waals surface area contributed by atoms with E-state index in [1.54, 1.807) is 36.4 Å². The zero-order chi connectivity index (χ0) is 14.9. The molecule has 3 aromatic rings. The Labute approximate surface area is 123 Å². The highest BCUT2D eigenvalue weighted by atomic mass is 32.2. The fraction of sp³-hybridized carbons (Fsp3) is 0.0588. The Kier molecular flexibility index (Phi) is 3.39. The molecule has 0 N–H and O–H groups in total. The average molecular weight is 298 g/mol. The molecule has 0 heterocycles. The summed E-state index contributed by atoms with van der Waals surface area (Å²) >= 11 is 0. The van der Waals surface area contributed by atoms with Gasteiger partial charge in [0, 0.05) is 0 Å². The van der Waals surface area contributed by atoms with Crippen molar-refractivity contribution in [3.05, 3.63) is 72.3 Å². The molecule has 0 fully saturated rings. The molecule has 0 atom stereocenters. The smallest absolute Gasteiger partial charge is 0.339 e. The lowest BCUT2D eigenvalue weighted by atomic mass is 10.1. The minimum Gasteiger partial charge on any atom is -0.379 e. The van der Waals surface area contributed by atoms with Crippen LogP contribution in [-0.4, -0.2) is 8.42 Å². The molecular weight excluding hydrogens is 284 g/mol. The van der Waals surface area contributed by atoms with Gasteiger partial charge in [0.15, 0.2) is 0 Å². The largest absolute Gasteiger partial charge is 0.379 e. The van der Waals surface area contributed by atoms with Crippen molar-refractivity contribution in [1.82, 2.24) is 0 Å². The van der Waals surface area contributed by atoms with Gasteiger partial charge in [-0.3, -0.25) is 0 Å². The Balaban J connectivity index is 2.00. The van der Waals surface area contributed by atoms with Gasteiger partial charge >= 0.3 is 10.1 Å². The Bertz CT molecular complexity index is 899. The summed E-state index contributed by atoms with van der Waals surface area (Å²) in [5.41, 5.74) is 0.946. The quantitative estimate of drug-likeness (QED) is 0.688. The molecule has 3 rings (SSSR count). The van der Waals surface area contributed by atoms with Crippen LogP contribution in [0.3, 0.4) is 0 Å². The molecule has 0 amide bonds. The summed E-state index contributed by atoms with van der Waals surface area (Å²) in [6, 6.07) is 19.5. The summed E-state index contributed by atoms with van der Waals surface area (Å²) in [4.78, 5) is 0.155. The first-order valence-electron chi connectivity index (χ1n) is 6.54. The third-order valence-electron chi connectivity index (χ3n) is 3.21. The maximum Gasteiger partial charge on any atom is 0.339 e. The van der Waals surface area contributed by atoms with Gasteiger partial charge in [-0.05, 0) is 47.5 Å². The fourth-order valence-electron chi connectivity index (χ4n) is 2.16. The Morgan fingerprint density at radius 1 is 0.810 bits per heavy atom. The Morgan fingerprint density at radius 3 is 2.33 bits per heavy atom. The second kappa shape index (κ2) is 5.22. The first kappa shape index (κ1) is 13.6. The zero-order valence-corrected chi connectivity index (χ0v) is 12.3. The first-order valence-corrected chi connectivity index (χ1v) is 7.95. The van der Waals surface area contributed by atoms with Gasteiger partial charge in [-0.1, -0.05) is 42.5 Å². The summed E-state index contributed by atoms with van der Waals surface area (Å²) in [5.74, 6) is 0.322. The molecule has 106 valence electrons. The van der Waals surface area contributed by atoms with Crippen LogP contribution in [0.1, 0.15) is 5.56 Å². The van der Waals surface area contributed by atoms with Crippen LogP contribution in [0.2, 0.25) is 0 Å². The van der Waals surface area contributed by atoms with Crippen LogP contribution in [0.25, 0.3) is 10.8 Å². The highest BCUT2D eigenvalue weighted by molar-refractivity contribution is 7.87. The minimum atomic E-state index is -3.82. The van der Waals surface area contributed by atoms with E-state index in [9.17, 15) is 8.42 Å². The SMILES string of the molecule is Cc1cccc(OS(=O)(=O)c2ccc3ccccc3c2)c1. The van der Waals surface area contributed by atoms with E-state index in [1.165, 1.54) is 0 Å². The molecule has 4 heteroatoms. The van der Waals surface area contributed by atoms with Crippen LogP contribution in [0.4, 0.5) is 0 Å². The maximum atomic E-state index is 12.3. The predicted molar refractivity (Wildman–Crippen MR) is 82.9 cm³/mol. The van der Waals surface area contributed by atoms with Crippen LogP contribution in [0.15, 0.2) is 71.6 Å². The number of rotatable bonds is 3. The first-order chi connectivity index (χ1) is 10.0. The molecule has 3 nitrogen and oxygen atoms in total. The van der Waals surface area contributed by atoms with Gasteiger partial charge in [-0.2, -0.15) is 8.42 Å². The third kappa shape index (κ3) is 2.90. The molecule has 0 saturated heterocycles. The minimum absolute atomic E-state index is 0.155. The number of benzene rings is 3. The van der Waals surface area contributed by atoms with Crippen LogP contribution in [0.5, 0.6) is 5.75 Å². The number of hydrogen-bond acceptors (Lipinski definition) is 3. The number of hydrogen-bond donors (Lipinski definition) is 0. The van der Waals surface area contributed by atoms with Crippen LogP contribution in [-0.2, 0) is 10.1 Å². The van der Waals surface area contributed by atoms with Crippen molar-refractivity contribution in [3.8, 4) is 5.75 Å². The molecule has 0 spiro atoms. The highest BCUT2D eigenvalue weighted by Crippen LogP contribution is 2.23. The Morgan fingerprint density at radius 2 is 1.57 bits per heavy atom. The van der Waals surface area contributed by atoms with E-state index in [4.69, 9.17) is 4.18 Å². The molecule has 0 aromatic heterocycles. The summed E-state index contributed by atoms with van der Waals surface area (Å²) in [6.45, 7) is 1.88. The molecule has 0 aliphatic heterocycles. The highest BCUT2D eigenvalue weighted by Gasteiger charge is 2.17. The van der Waals surface area contributed by atoms with Crippen molar-refractivity contribution in [1.29, 1.82) is 0 Å². The third-order valence-corrected chi connectivity index (χ3v) is 4.45. The van der Waals surface area contributed by atoms with E-state index in [0.717, 1.165) is 16.3 Å². The number of fused-ring (bicyclic) bond motifs is 1. The normalized spacial score (nSPS) is 11.5. The van der Waals surface area contributed by atoms with Crippen molar-refractivity contribution in [2.24, 2.45) is 0 Å². The summed E-state index contributed by atoms with van der Waals surface area (Å²) in [7, 11) is -3.82. The zero-order valence-electron chi connectivity index (χ0n) is 11.5. The second-order valence-electron chi connectivity index (χ2n) is 4.86. The van der Waals surface area contributed by atoms with Crippen LogP contribution < -0.4 is 4.18 Å². The van der Waals surface area contributed by atoms with Gasteiger partial charge < -0.3 is 4.18 Å². The van der Waals surface area contributed by atoms with E-state index in [1.807, 2.05) is 37.3 Å². The summed E-state index contributed by atoms with van der Waals surface area (Å²) < 4.78 is 29.9. The Hall–Kier alpha value is -2.33. The van der Waals surface area contributed by atoms with Crippen molar-refractivity contribution >= 4 is 20.9 Å². The molecule has 0 aliphatic carbocycles. The van der Waals surface area contributed by atoms with Gasteiger partial charge in [-0.25, -0.2) is 0 Å². The lowest BCUT2D eigenvalue weighted by molar-refractivity contribution is 0.486.